The summed E-state index contributed by atoms with van der Waals surface area (Å²) in [5.74, 6) is 0.312. The van der Waals surface area contributed by atoms with Gasteiger partial charge in [-0.2, -0.15) is 0 Å². The molecule has 0 unspecified atom stereocenters. The SMILES string of the molecule is CCCC/C=C/C1(c2cc(O)cc(O)c2)CCCC1. The lowest BCUT2D eigenvalue weighted by Crippen LogP contribution is -2.18. The Kier molecular flexibility index (Phi) is 4.52. The zero-order valence-corrected chi connectivity index (χ0v) is 11.7. The molecule has 1 aliphatic rings. The van der Waals surface area contributed by atoms with Crippen LogP contribution in [0.1, 0.15) is 57.4 Å². The normalized spacial score (nSPS) is 18.2. The Hall–Kier alpha value is -1.44. The Morgan fingerprint density at radius 2 is 1.74 bits per heavy atom. The number of phenols is 2. The number of rotatable bonds is 5. The topological polar surface area (TPSA) is 40.5 Å². The lowest BCUT2D eigenvalue weighted by molar-refractivity contribution is 0.443. The van der Waals surface area contributed by atoms with Gasteiger partial charge in [-0.05, 0) is 37.0 Å². The molecule has 104 valence electrons. The molecule has 1 aliphatic carbocycles. The summed E-state index contributed by atoms with van der Waals surface area (Å²) in [6, 6.07) is 5.00. The van der Waals surface area contributed by atoms with Gasteiger partial charge in [0.15, 0.2) is 0 Å². The molecule has 0 aliphatic heterocycles. The van der Waals surface area contributed by atoms with E-state index >= 15 is 0 Å². The molecule has 0 aromatic heterocycles. The van der Waals surface area contributed by atoms with Crippen molar-refractivity contribution in [1.82, 2.24) is 0 Å². The molecule has 2 heteroatoms. The third-order valence-corrected chi connectivity index (χ3v) is 4.13. The van der Waals surface area contributed by atoms with E-state index < -0.39 is 0 Å². The van der Waals surface area contributed by atoms with Crippen molar-refractivity contribution in [3.8, 4) is 11.5 Å². The average molecular weight is 260 g/mol. The predicted molar refractivity (Wildman–Crippen MR) is 78.6 cm³/mol. The predicted octanol–water partition coefficient (Wildman–Crippen LogP) is 4.66. The Labute approximate surface area is 115 Å². The van der Waals surface area contributed by atoms with Crippen LogP contribution in [0.2, 0.25) is 0 Å². The van der Waals surface area contributed by atoms with Gasteiger partial charge in [-0.3, -0.25) is 0 Å². The number of hydrogen-bond acceptors (Lipinski definition) is 2. The van der Waals surface area contributed by atoms with E-state index in [9.17, 15) is 10.2 Å². The van der Waals surface area contributed by atoms with E-state index in [0.29, 0.717) is 0 Å². The van der Waals surface area contributed by atoms with Gasteiger partial charge in [-0.25, -0.2) is 0 Å². The van der Waals surface area contributed by atoms with Crippen LogP contribution in [0, 0.1) is 0 Å². The molecule has 0 heterocycles. The molecule has 0 atom stereocenters. The first-order valence-corrected chi connectivity index (χ1v) is 7.37. The second-order valence-electron chi connectivity index (χ2n) is 5.65. The van der Waals surface area contributed by atoms with E-state index in [2.05, 4.69) is 19.1 Å². The third-order valence-electron chi connectivity index (χ3n) is 4.13. The molecule has 0 radical (unpaired) electrons. The second kappa shape index (κ2) is 6.14. The van der Waals surface area contributed by atoms with Crippen LogP contribution in [0.15, 0.2) is 30.4 Å². The zero-order valence-electron chi connectivity index (χ0n) is 11.7. The van der Waals surface area contributed by atoms with Crippen molar-refractivity contribution in [3.63, 3.8) is 0 Å². The summed E-state index contributed by atoms with van der Waals surface area (Å²) in [6.07, 6.45) is 12.8. The lowest BCUT2D eigenvalue weighted by Gasteiger charge is -2.26. The van der Waals surface area contributed by atoms with E-state index in [0.717, 1.165) is 24.8 Å². The highest BCUT2D eigenvalue weighted by molar-refractivity contribution is 5.43. The highest BCUT2D eigenvalue weighted by Crippen LogP contribution is 2.44. The molecule has 0 saturated heterocycles. The van der Waals surface area contributed by atoms with Crippen molar-refractivity contribution in [2.45, 2.75) is 57.3 Å². The van der Waals surface area contributed by atoms with Gasteiger partial charge in [0.05, 0.1) is 0 Å². The minimum atomic E-state index is 0.0178. The number of unbranched alkanes of at least 4 members (excludes halogenated alkanes) is 2. The van der Waals surface area contributed by atoms with Gasteiger partial charge in [0.2, 0.25) is 0 Å². The summed E-state index contributed by atoms with van der Waals surface area (Å²) in [7, 11) is 0. The minimum absolute atomic E-state index is 0.0178. The van der Waals surface area contributed by atoms with Crippen molar-refractivity contribution in [1.29, 1.82) is 0 Å². The van der Waals surface area contributed by atoms with E-state index in [1.165, 1.54) is 31.7 Å². The molecule has 2 rings (SSSR count). The van der Waals surface area contributed by atoms with Crippen LogP contribution in [0.4, 0.5) is 0 Å². The molecule has 2 N–H and O–H groups in total. The number of aromatic hydroxyl groups is 2. The summed E-state index contributed by atoms with van der Waals surface area (Å²) in [4.78, 5) is 0. The molecule has 1 aromatic carbocycles. The highest BCUT2D eigenvalue weighted by atomic mass is 16.3. The zero-order chi connectivity index (χ0) is 13.7. The number of hydrogen-bond donors (Lipinski definition) is 2. The maximum absolute atomic E-state index is 9.69. The maximum Gasteiger partial charge on any atom is 0.119 e. The fourth-order valence-corrected chi connectivity index (χ4v) is 3.07. The van der Waals surface area contributed by atoms with Gasteiger partial charge in [0.1, 0.15) is 11.5 Å². The standard InChI is InChI=1S/C17H24O2/c1-2-3-4-5-8-17(9-6-7-10-17)14-11-15(18)13-16(19)12-14/h5,8,11-13,18-19H,2-4,6-7,9-10H2,1H3/b8-5+. The van der Waals surface area contributed by atoms with Crippen LogP contribution in [-0.2, 0) is 5.41 Å². The van der Waals surface area contributed by atoms with Crippen molar-refractivity contribution in [2.24, 2.45) is 0 Å². The summed E-state index contributed by atoms with van der Waals surface area (Å²) < 4.78 is 0. The highest BCUT2D eigenvalue weighted by Gasteiger charge is 2.33. The quantitative estimate of drug-likeness (QED) is 0.597. The number of phenolic OH excluding ortho intramolecular Hbond substituents is 2. The van der Waals surface area contributed by atoms with E-state index in [-0.39, 0.29) is 16.9 Å². The summed E-state index contributed by atoms with van der Waals surface area (Å²) >= 11 is 0. The second-order valence-corrected chi connectivity index (χ2v) is 5.65. The monoisotopic (exact) mass is 260 g/mol. The maximum atomic E-state index is 9.69. The Bertz CT molecular complexity index is 422. The molecule has 2 nitrogen and oxygen atoms in total. The van der Waals surface area contributed by atoms with Crippen LogP contribution >= 0.6 is 0 Å². The van der Waals surface area contributed by atoms with Crippen molar-refractivity contribution >= 4 is 0 Å². The molecule has 1 fully saturated rings. The van der Waals surface area contributed by atoms with Gasteiger partial charge in [-0.15, -0.1) is 0 Å². The molecule has 1 aromatic rings. The molecule has 19 heavy (non-hydrogen) atoms. The van der Waals surface area contributed by atoms with Crippen molar-refractivity contribution < 1.29 is 10.2 Å². The van der Waals surface area contributed by atoms with Gasteiger partial charge >= 0.3 is 0 Å². The third kappa shape index (κ3) is 3.31. The van der Waals surface area contributed by atoms with Crippen LogP contribution in [0.25, 0.3) is 0 Å². The van der Waals surface area contributed by atoms with E-state index in [1.54, 1.807) is 12.1 Å². The van der Waals surface area contributed by atoms with Crippen LogP contribution in [-0.4, -0.2) is 10.2 Å². The average Bonchev–Trinajstić information content (AvgIpc) is 2.84. The molecular formula is C17H24O2. The van der Waals surface area contributed by atoms with Crippen molar-refractivity contribution in [3.05, 3.63) is 35.9 Å². The van der Waals surface area contributed by atoms with E-state index in [4.69, 9.17) is 0 Å². The van der Waals surface area contributed by atoms with Gasteiger partial charge in [0, 0.05) is 11.5 Å². The Balaban J connectivity index is 2.25. The molecule has 0 bridgehead atoms. The number of benzene rings is 1. The first kappa shape index (κ1) is 14.0. The van der Waals surface area contributed by atoms with Crippen LogP contribution < -0.4 is 0 Å². The molecule has 0 amide bonds. The van der Waals surface area contributed by atoms with Crippen LogP contribution in [0.5, 0.6) is 11.5 Å². The fraction of sp³-hybridized carbons (Fsp3) is 0.529. The molecular weight excluding hydrogens is 236 g/mol. The van der Waals surface area contributed by atoms with E-state index in [1.807, 2.05) is 0 Å². The minimum Gasteiger partial charge on any atom is -0.508 e. The first-order chi connectivity index (χ1) is 9.16. The van der Waals surface area contributed by atoms with Crippen LogP contribution in [0.3, 0.4) is 0 Å². The van der Waals surface area contributed by atoms with Gasteiger partial charge < -0.3 is 10.2 Å². The molecule has 1 saturated carbocycles. The van der Waals surface area contributed by atoms with Gasteiger partial charge in [0.25, 0.3) is 0 Å². The largest absolute Gasteiger partial charge is 0.508 e. The summed E-state index contributed by atoms with van der Waals surface area (Å²) in [5, 5.41) is 19.4. The Morgan fingerprint density at radius 1 is 1.11 bits per heavy atom. The molecule has 0 spiro atoms. The Morgan fingerprint density at radius 3 is 2.32 bits per heavy atom. The van der Waals surface area contributed by atoms with Crippen molar-refractivity contribution in [2.75, 3.05) is 0 Å². The fourth-order valence-electron chi connectivity index (χ4n) is 3.07. The number of allylic oxidation sites excluding steroid dienone is 2. The summed E-state index contributed by atoms with van der Waals surface area (Å²) in [5.41, 5.74) is 1.07. The summed E-state index contributed by atoms with van der Waals surface area (Å²) in [6.45, 7) is 2.20. The smallest absolute Gasteiger partial charge is 0.119 e. The lowest BCUT2D eigenvalue weighted by atomic mass is 9.78. The first-order valence-electron chi connectivity index (χ1n) is 7.37. The van der Waals surface area contributed by atoms with Gasteiger partial charge in [-0.1, -0.05) is 44.8 Å².